The molecule has 2 fully saturated rings. The molecule has 0 bridgehead atoms. The van der Waals surface area contributed by atoms with Crippen LogP contribution >= 0.6 is 11.8 Å². The summed E-state index contributed by atoms with van der Waals surface area (Å²) in [6.45, 7) is 3.15. The molecular weight excluding hydrogens is 350 g/mol. The molecule has 7 nitrogen and oxygen atoms in total. The summed E-state index contributed by atoms with van der Waals surface area (Å²) in [7, 11) is 1.79. The highest BCUT2D eigenvalue weighted by Crippen LogP contribution is 2.28. The van der Waals surface area contributed by atoms with Crippen LogP contribution in [0.4, 0.5) is 0 Å². The Labute approximate surface area is 160 Å². The van der Waals surface area contributed by atoms with Gasteiger partial charge in [0, 0.05) is 37.9 Å². The molecular formula is C18H31N5O2S. The molecule has 1 amide bonds. The number of rotatable bonds is 7. The molecule has 2 aliphatic rings. The van der Waals surface area contributed by atoms with Gasteiger partial charge in [-0.05, 0) is 50.5 Å². The Morgan fingerprint density at radius 3 is 2.85 bits per heavy atom. The maximum atomic E-state index is 12.6. The van der Waals surface area contributed by atoms with E-state index < -0.39 is 0 Å². The first-order chi connectivity index (χ1) is 12.7. The number of ether oxygens (including phenoxy) is 1. The second-order valence-corrected chi connectivity index (χ2v) is 8.58. The van der Waals surface area contributed by atoms with Crippen molar-refractivity contribution in [3.63, 3.8) is 0 Å². The highest BCUT2D eigenvalue weighted by atomic mass is 32.2. The fraction of sp³-hybridized carbons (Fsp3) is 0.833. The average Bonchev–Trinajstić information content (AvgIpc) is 3.07. The quantitative estimate of drug-likeness (QED) is 0.743. The van der Waals surface area contributed by atoms with E-state index >= 15 is 0 Å². The smallest absolute Gasteiger partial charge is 0.223 e. The van der Waals surface area contributed by atoms with Crippen LogP contribution in [0.2, 0.25) is 0 Å². The van der Waals surface area contributed by atoms with Gasteiger partial charge >= 0.3 is 0 Å². The molecule has 2 heterocycles. The van der Waals surface area contributed by atoms with E-state index in [4.69, 9.17) is 4.74 Å². The lowest BCUT2D eigenvalue weighted by Gasteiger charge is -2.38. The molecule has 26 heavy (non-hydrogen) atoms. The molecule has 3 rings (SSSR count). The fourth-order valence-electron chi connectivity index (χ4n) is 3.95. The minimum absolute atomic E-state index is 0.0642. The Bertz CT molecular complexity index is 576. The highest BCUT2D eigenvalue weighted by molar-refractivity contribution is 7.99. The second kappa shape index (κ2) is 9.71. The number of methoxy groups -OCH3 is 1. The summed E-state index contributed by atoms with van der Waals surface area (Å²) in [5, 5.41) is 14.8. The van der Waals surface area contributed by atoms with Gasteiger partial charge in [0.2, 0.25) is 5.91 Å². The minimum Gasteiger partial charge on any atom is -0.380 e. The maximum Gasteiger partial charge on any atom is 0.223 e. The third-order valence-electron chi connectivity index (χ3n) is 5.42. The van der Waals surface area contributed by atoms with E-state index in [9.17, 15) is 4.79 Å². The van der Waals surface area contributed by atoms with Crippen LogP contribution in [0.25, 0.3) is 0 Å². The summed E-state index contributed by atoms with van der Waals surface area (Å²) >= 11 is 2.03. The van der Waals surface area contributed by atoms with Gasteiger partial charge < -0.3 is 15.4 Å². The number of hydrogen-bond donors (Lipinski definition) is 2. The van der Waals surface area contributed by atoms with Crippen LogP contribution in [-0.2, 0) is 16.1 Å². The predicted molar refractivity (Wildman–Crippen MR) is 103 cm³/mol. The van der Waals surface area contributed by atoms with Crippen LogP contribution in [0, 0.1) is 12.8 Å². The molecule has 146 valence electrons. The van der Waals surface area contributed by atoms with Crippen LogP contribution in [0.1, 0.15) is 37.8 Å². The zero-order valence-corrected chi connectivity index (χ0v) is 16.6. The van der Waals surface area contributed by atoms with E-state index in [0.717, 1.165) is 25.0 Å². The number of nitrogens with one attached hydrogen (secondary N) is 2. The highest BCUT2D eigenvalue weighted by Gasteiger charge is 2.35. The third kappa shape index (κ3) is 5.44. The van der Waals surface area contributed by atoms with Crippen molar-refractivity contribution in [2.24, 2.45) is 5.92 Å². The number of thioether (sulfide) groups is 1. The fourth-order valence-corrected chi connectivity index (χ4v) is 5.05. The zero-order valence-electron chi connectivity index (χ0n) is 15.8. The Kier molecular flexibility index (Phi) is 7.33. The van der Waals surface area contributed by atoms with E-state index in [2.05, 4.69) is 20.9 Å². The first-order valence-electron chi connectivity index (χ1n) is 9.66. The Morgan fingerprint density at radius 1 is 1.35 bits per heavy atom. The zero-order chi connectivity index (χ0) is 18.4. The van der Waals surface area contributed by atoms with Crippen molar-refractivity contribution in [3.8, 4) is 0 Å². The van der Waals surface area contributed by atoms with Gasteiger partial charge in [0.05, 0.1) is 18.3 Å². The number of aromatic nitrogens is 3. The lowest BCUT2D eigenvalue weighted by atomic mass is 9.82. The van der Waals surface area contributed by atoms with E-state index in [-0.39, 0.29) is 24.0 Å². The van der Waals surface area contributed by atoms with E-state index in [1.165, 1.54) is 24.3 Å². The standard InChI is InChI=1S/C18H31N5O2S/c1-13-12-23(22-21-13)8-7-19-18(24)14-3-4-17(25-2)16(11-14)20-15-5-9-26-10-6-15/h12,14-17,20H,3-11H2,1-2H3,(H,19,24)/t14-,16+,17+/m0/s1. The average molecular weight is 382 g/mol. The molecule has 1 saturated carbocycles. The van der Waals surface area contributed by atoms with Gasteiger partial charge in [0.1, 0.15) is 0 Å². The van der Waals surface area contributed by atoms with E-state index in [1.54, 1.807) is 11.8 Å². The third-order valence-corrected chi connectivity index (χ3v) is 6.47. The molecule has 0 spiro atoms. The normalized spacial score (nSPS) is 27.4. The molecule has 8 heteroatoms. The molecule has 1 aromatic rings. The Morgan fingerprint density at radius 2 is 2.15 bits per heavy atom. The molecule has 1 aliphatic carbocycles. The lowest BCUT2D eigenvalue weighted by Crippen LogP contribution is -2.52. The molecule has 1 saturated heterocycles. The summed E-state index contributed by atoms with van der Waals surface area (Å²) in [5.41, 5.74) is 0.893. The van der Waals surface area contributed by atoms with Gasteiger partial charge in [-0.1, -0.05) is 5.21 Å². The van der Waals surface area contributed by atoms with Crippen molar-refractivity contribution in [3.05, 3.63) is 11.9 Å². The summed E-state index contributed by atoms with van der Waals surface area (Å²) in [6.07, 6.45) is 7.22. The predicted octanol–water partition coefficient (Wildman–Crippen LogP) is 1.37. The molecule has 1 aromatic heterocycles. The van der Waals surface area contributed by atoms with Crippen LogP contribution in [0.5, 0.6) is 0 Å². The largest absolute Gasteiger partial charge is 0.380 e. The topological polar surface area (TPSA) is 81.1 Å². The van der Waals surface area contributed by atoms with Gasteiger partial charge in [-0.25, -0.2) is 0 Å². The number of aryl methyl sites for hydroxylation is 1. The Hall–Kier alpha value is -1.12. The maximum absolute atomic E-state index is 12.6. The number of carbonyl (C=O) groups is 1. The Balaban J connectivity index is 1.46. The van der Waals surface area contributed by atoms with Crippen molar-refractivity contribution < 1.29 is 9.53 Å². The monoisotopic (exact) mass is 381 g/mol. The summed E-state index contributed by atoms with van der Waals surface area (Å²) in [6, 6.07) is 0.840. The van der Waals surface area contributed by atoms with Crippen LogP contribution in [-0.4, -0.2) is 64.2 Å². The number of carbonyl (C=O) groups excluding carboxylic acids is 1. The first kappa shape index (κ1) is 19.6. The van der Waals surface area contributed by atoms with Gasteiger partial charge in [0.25, 0.3) is 0 Å². The van der Waals surface area contributed by atoms with E-state index in [1.807, 2.05) is 24.9 Å². The molecule has 2 N–H and O–H groups in total. The molecule has 0 aromatic carbocycles. The van der Waals surface area contributed by atoms with Gasteiger partial charge in [-0.3, -0.25) is 9.48 Å². The van der Waals surface area contributed by atoms with Gasteiger partial charge in [-0.2, -0.15) is 11.8 Å². The molecule has 1 aliphatic heterocycles. The lowest BCUT2D eigenvalue weighted by molar-refractivity contribution is -0.127. The van der Waals surface area contributed by atoms with Gasteiger partial charge in [-0.15, -0.1) is 5.10 Å². The van der Waals surface area contributed by atoms with Crippen molar-refractivity contribution >= 4 is 17.7 Å². The van der Waals surface area contributed by atoms with Crippen molar-refractivity contribution in [2.45, 2.75) is 63.8 Å². The molecule has 0 unspecified atom stereocenters. The summed E-state index contributed by atoms with van der Waals surface area (Å²) in [4.78, 5) is 12.6. The number of amides is 1. The van der Waals surface area contributed by atoms with Crippen LogP contribution in [0.3, 0.4) is 0 Å². The van der Waals surface area contributed by atoms with Gasteiger partial charge in [0.15, 0.2) is 0 Å². The number of hydrogen-bond acceptors (Lipinski definition) is 6. The summed E-state index contributed by atoms with van der Waals surface area (Å²) < 4.78 is 7.46. The summed E-state index contributed by atoms with van der Waals surface area (Å²) in [5.74, 6) is 2.68. The second-order valence-electron chi connectivity index (χ2n) is 7.36. The minimum atomic E-state index is 0.0642. The van der Waals surface area contributed by atoms with Crippen LogP contribution < -0.4 is 10.6 Å². The molecule has 3 atom stereocenters. The van der Waals surface area contributed by atoms with Crippen LogP contribution in [0.15, 0.2) is 6.20 Å². The van der Waals surface area contributed by atoms with Crippen molar-refractivity contribution in [2.75, 3.05) is 25.2 Å². The number of nitrogens with zero attached hydrogens (tertiary/aromatic N) is 3. The van der Waals surface area contributed by atoms with Crippen molar-refractivity contribution in [1.29, 1.82) is 0 Å². The SMILES string of the molecule is CO[C@@H]1CC[C@H](C(=O)NCCn2cc(C)nn2)C[C@H]1NC1CCSCC1. The van der Waals surface area contributed by atoms with E-state index in [0.29, 0.717) is 19.1 Å². The van der Waals surface area contributed by atoms with Crippen molar-refractivity contribution in [1.82, 2.24) is 25.6 Å². The molecule has 0 radical (unpaired) electrons. The first-order valence-corrected chi connectivity index (χ1v) is 10.8.